The quantitative estimate of drug-likeness (QED) is 0.155. The Morgan fingerprint density at radius 1 is 0.261 bits per heavy atom. The molecule has 69 heavy (non-hydrogen) atoms. The molecule has 0 radical (unpaired) electrons. The minimum atomic E-state index is -0.396. The minimum absolute atomic E-state index is 0.396. The van der Waals surface area contributed by atoms with Gasteiger partial charge in [-0.2, -0.15) is 0 Å². The van der Waals surface area contributed by atoms with Gasteiger partial charge < -0.3 is 9.47 Å². The van der Waals surface area contributed by atoms with Crippen LogP contribution in [0, 0.1) is 0 Å². The van der Waals surface area contributed by atoms with Crippen molar-refractivity contribution in [3.8, 4) is 61.3 Å². The predicted molar refractivity (Wildman–Crippen MR) is 288 cm³/mol. The number of anilines is 3. The van der Waals surface area contributed by atoms with E-state index >= 15 is 0 Å². The van der Waals surface area contributed by atoms with Crippen LogP contribution in [0.15, 0.2) is 267 Å². The van der Waals surface area contributed by atoms with Crippen LogP contribution < -0.4 is 4.90 Å². The van der Waals surface area contributed by atoms with Crippen LogP contribution in [-0.4, -0.2) is 4.57 Å². The lowest BCUT2D eigenvalue weighted by Gasteiger charge is -2.30. The highest BCUT2D eigenvalue weighted by atomic mass is 15.1. The van der Waals surface area contributed by atoms with Crippen molar-refractivity contribution in [2.24, 2.45) is 0 Å². The summed E-state index contributed by atoms with van der Waals surface area (Å²) in [6.45, 7) is 0. The molecule has 14 rings (SSSR count). The van der Waals surface area contributed by atoms with Gasteiger partial charge in [-0.15, -0.1) is 0 Å². The molecule has 0 N–H and O–H groups in total. The van der Waals surface area contributed by atoms with Gasteiger partial charge in [0.05, 0.1) is 16.4 Å². The van der Waals surface area contributed by atoms with E-state index in [-0.39, 0.29) is 0 Å². The fourth-order valence-electron chi connectivity index (χ4n) is 11.8. The van der Waals surface area contributed by atoms with E-state index in [2.05, 4.69) is 276 Å². The molecule has 2 nitrogen and oxygen atoms in total. The van der Waals surface area contributed by atoms with Crippen LogP contribution in [-0.2, 0) is 5.41 Å². The Morgan fingerprint density at radius 3 is 1.33 bits per heavy atom. The van der Waals surface area contributed by atoms with Crippen LogP contribution in [0.25, 0.3) is 83.1 Å². The molecular formula is C67H44N2. The predicted octanol–water partition coefficient (Wildman–Crippen LogP) is 17.6. The van der Waals surface area contributed by atoms with E-state index < -0.39 is 5.41 Å². The summed E-state index contributed by atoms with van der Waals surface area (Å²) in [7, 11) is 0. The van der Waals surface area contributed by atoms with Gasteiger partial charge in [-0.25, -0.2) is 0 Å². The van der Waals surface area contributed by atoms with Crippen LogP contribution in [0.1, 0.15) is 22.3 Å². The van der Waals surface area contributed by atoms with Crippen molar-refractivity contribution in [1.82, 2.24) is 4.57 Å². The first-order valence-corrected chi connectivity index (χ1v) is 23.9. The normalized spacial score (nSPS) is 12.8. The Hall–Kier alpha value is -8.98. The van der Waals surface area contributed by atoms with Gasteiger partial charge in [-0.05, 0) is 145 Å². The van der Waals surface area contributed by atoms with E-state index in [0.717, 1.165) is 39.4 Å². The molecule has 1 spiro atoms. The van der Waals surface area contributed by atoms with Crippen LogP contribution in [0.3, 0.4) is 0 Å². The van der Waals surface area contributed by atoms with Crippen molar-refractivity contribution in [1.29, 1.82) is 0 Å². The van der Waals surface area contributed by atoms with Gasteiger partial charge in [0.25, 0.3) is 0 Å². The highest BCUT2D eigenvalue weighted by Gasteiger charge is 2.51. The summed E-state index contributed by atoms with van der Waals surface area (Å²) in [4.78, 5) is 2.44. The fourth-order valence-corrected chi connectivity index (χ4v) is 11.8. The van der Waals surface area contributed by atoms with E-state index in [1.54, 1.807) is 0 Å². The third kappa shape index (κ3) is 5.99. The number of hydrogen-bond donors (Lipinski definition) is 0. The molecule has 12 aromatic rings. The zero-order chi connectivity index (χ0) is 45.5. The molecule has 2 heteroatoms. The minimum Gasteiger partial charge on any atom is -0.310 e. The summed E-state index contributed by atoms with van der Waals surface area (Å²) in [5.41, 5.74) is 24.1. The van der Waals surface area contributed by atoms with Gasteiger partial charge in [0, 0.05) is 33.5 Å². The van der Waals surface area contributed by atoms with Crippen LogP contribution >= 0.6 is 0 Å². The second kappa shape index (κ2) is 15.6. The molecule has 0 atom stereocenters. The Labute approximate surface area is 402 Å². The van der Waals surface area contributed by atoms with Crippen molar-refractivity contribution in [3.63, 3.8) is 0 Å². The lowest BCUT2D eigenvalue weighted by molar-refractivity contribution is 0.794. The average Bonchev–Trinajstić information content (AvgIpc) is 4.03. The van der Waals surface area contributed by atoms with Gasteiger partial charge in [-0.3, -0.25) is 0 Å². The highest BCUT2D eigenvalue weighted by Crippen LogP contribution is 2.63. The molecular weight excluding hydrogens is 833 g/mol. The van der Waals surface area contributed by atoms with Crippen LogP contribution in [0.2, 0.25) is 0 Å². The van der Waals surface area contributed by atoms with Crippen molar-refractivity contribution >= 4 is 38.9 Å². The molecule has 0 fully saturated rings. The Balaban J connectivity index is 0.959. The number of rotatable bonds is 7. The van der Waals surface area contributed by atoms with E-state index in [0.29, 0.717) is 0 Å². The summed E-state index contributed by atoms with van der Waals surface area (Å²) in [6, 6.07) is 98.6. The summed E-state index contributed by atoms with van der Waals surface area (Å²) in [5, 5.41) is 2.46. The van der Waals surface area contributed by atoms with Crippen LogP contribution in [0.4, 0.5) is 17.1 Å². The lowest BCUT2D eigenvalue weighted by atomic mass is 9.70. The number of fused-ring (bicyclic) bond motifs is 13. The molecule has 322 valence electrons. The second-order valence-corrected chi connectivity index (χ2v) is 18.4. The molecule has 2 aliphatic carbocycles. The average molecular weight is 877 g/mol. The first kappa shape index (κ1) is 39.2. The number of benzene rings is 11. The smallest absolute Gasteiger partial charge is 0.0725 e. The highest BCUT2D eigenvalue weighted by molar-refractivity contribution is 6.10. The second-order valence-electron chi connectivity index (χ2n) is 18.4. The largest absolute Gasteiger partial charge is 0.310 e. The van der Waals surface area contributed by atoms with Gasteiger partial charge in [-0.1, -0.05) is 200 Å². The van der Waals surface area contributed by atoms with Crippen LogP contribution in [0.5, 0.6) is 0 Å². The molecule has 2 aliphatic rings. The maximum absolute atomic E-state index is 2.48. The molecule has 0 saturated heterocycles. The van der Waals surface area contributed by atoms with Gasteiger partial charge in [0.15, 0.2) is 0 Å². The monoisotopic (exact) mass is 876 g/mol. The molecule has 0 unspecified atom stereocenters. The summed E-state index contributed by atoms with van der Waals surface area (Å²) in [5.74, 6) is 0. The molecule has 11 aromatic carbocycles. The topological polar surface area (TPSA) is 8.17 Å². The van der Waals surface area contributed by atoms with Crippen molar-refractivity contribution in [2.75, 3.05) is 4.90 Å². The number of para-hydroxylation sites is 2. The Bertz CT molecular complexity index is 3820. The molecule has 0 amide bonds. The number of aromatic nitrogens is 1. The molecule has 0 aliphatic heterocycles. The maximum atomic E-state index is 2.48. The van der Waals surface area contributed by atoms with Crippen molar-refractivity contribution in [2.45, 2.75) is 5.41 Å². The Morgan fingerprint density at radius 2 is 0.725 bits per heavy atom. The standard InChI is InChI=1S/C67H44N2/c1-4-18-45(19-5-1)49-40-50(46-20-6-2-7-21-46)42-54(41-49)68(53-37-39-60-59-27-13-17-31-65(59)69(66(60)44-53)51-22-8-3-9-23-51)52-35-32-47(33-36-52)48-34-38-58-57-26-12-16-30-63(57)67(64(58)43-48)61-28-14-10-24-55(61)56-25-11-15-29-62(56)67/h1-44H. The zero-order valence-electron chi connectivity index (χ0n) is 37.8. The molecule has 1 heterocycles. The third-order valence-electron chi connectivity index (χ3n) is 14.8. The van der Waals surface area contributed by atoms with Gasteiger partial charge in [0.1, 0.15) is 0 Å². The first-order valence-electron chi connectivity index (χ1n) is 23.9. The fraction of sp³-hybridized carbons (Fsp3) is 0.0149. The summed E-state index contributed by atoms with van der Waals surface area (Å²) < 4.78 is 2.41. The number of nitrogens with zero attached hydrogens (tertiary/aromatic N) is 2. The van der Waals surface area contributed by atoms with E-state index in [1.165, 1.54) is 83.1 Å². The lowest BCUT2D eigenvalue weighted by Crippen LogP contribution is -2.25. The molecule has 1 aromatic heterocycles. The Kier molecular flexibility index (Phi) is 8.84. The van der Waals surface area contributed by atoms with Crippen molar-refractivity contribution < 1.29 is 0 Å². The van der Waals surface area contributed by atoms with E-state index in [1.807, 2.05) is 0 Å². The summed E-state index contributed by atoms with van der Waals surface area (Å²) >= 11 is 0. The third-order valence-corrected chi connectivity index (χ3v) is 14.8. The first-order chi connectivity index (χ1) is 34.2. The van der Waals surface area contributed by atoms with E-state index in [9.17, 15) is 0 Å². The van der Waals surface area contributed by atoms with Gasteiger partial charge >= 0.3 is 0 Å². The van der Waals surface area contributed by atoms with Crippen molar-refractivity contribution in [3.05, 3.63) is 289 Å². The maximum Gasteiger partial charge on any atom is 0.0725 e. The number of hydrogen-bond acceptors (Lipinski definition) is 1. The van der Waals surface area contributed by atoms with Gasteiger partial charge in [0.2, 0.25) is 0 Å². The SMILES string of the molecule is c1ccc(-c2cc(-c3ccccc3)cc(N(c3ccc(-c4ccc5c(c4)C4(c6ccccc6-c6ccccc64)c4ccccc4-5)cc3)c3ccc4c5ccccc5n(-c5ccccc5)c4c3)c2)cc1. The molecule has 0 bridgehead atoms. The van der Waals surface area contributed by atoms with E-state index in [4.69, 9.17) is 0 Å². The molecule has 0 saturated carbocycles. The summed E-state index contributed by atoms with van der Waals surface area (Å²) in [6.07, 6.45) is 0. The zero-order valence-corrected chi connectivity index (χ0v) is 37.8.